The van der Waals surface area contributed by atoms with Crippen molar-refractivity contribution in [2.75, 3.05) is 6.61 Å². The summed E-state index contributed by atoms with van der Waals surface area (Å²) in [6.07, 6.45) is 0.490. The van der Waals surface area contributed by atoms with Gasteiger partial charge in [-0.1, -0.05) is 0 Å². The van der Waals surface area contributed by atoms with Crippen molar-refractivity contribution >= 4 is 12.2 Å². The lowest BCUT2D eigenvalue weighted by molar-refractivity contribution is -0.119. The molecule has 0 aromatic heterocycles. The van der Waals surface area contributed by atoms with Crippen molar-refractivity contribution in [2.45, 2.75) is 6.04 Å². The van der Waals surface area contributed by atoms with Crippen LogP contribution in [0.2, 0.25) is 0 Å². The molecule has 1 atom stereocenters. The Labute approximate surface area is 91.2 Å². The number of carbonyl (C=O) groups is 2. The number of hydrogen-bond acceptors (Lipinski definition) is 4. The maximum absolute atomic E-state index is 12.9. The Hall–Kier alpha value is -1.95. The van der Waals surface area contributed by atoms with E-state index in [1.807, 2.05) is 0 Å². The van der Waals surface area contributed by atoms with Crippen LogP contribution in [-0.2, 0) is 4.79 Å². The number of hydrogen-bond donors (Lipinski definition) is 2. The van der Waals surface area contributed by atoms with E-state index in [2.05, 4.69) is 0 Å². The van der Waals surface area contributed by atoms with Crippen molar-refractivity contribution in [3.63, 3.8) is 0 Å². The number of aldehydes is 1. The molecule has 0 bridgehead atoms. The van der Waals surface area contributed by atoms with Gasteiger partial charge in [-0.25, -0.2) is 4.39 Å². The fourth-order valence-corrected chi connectivity index (χ4v) is 1.00. The molecule has 0 radical (unpaired) electrons. The van der Waals surface area contributed by atoms with Crippen LogP contribution in [0.25, 0.3) is 0 Å². The third-order valence-corrected chi connectivity index (χ3v) is 1.82. The first-order valence-corrected chi connectivity index (χ1v) is 4.46. The standard InChI is InChI=1S/C10H11FN2O3/c11-7-1-6(4-14)2-8(3-7)16-5-9(12)10(13)15/h1-4,9H,5,12H2,(H2,13,15). The molecule has 0 aliphatic carbocycles. The smallest absolute Gasteiger partial charge is 0.237 e. The largest absolute Gasteiger partial charge is 0.491 e. The third-order valence-electron chi connectivity index (χ3n) is 1.82. The van der Waals surface area contributed by atoms with Crippen molar-refractivity contribution in [1.29, 1.82) is 0 Å². The van der Waals surface area contributed by atoms with E-state index in [9.17, 15) is 14.0 Å². The van der Waals surface area contributed by atoms with Crippen LogP contribution in [0, 0.1) is 5.82 Å². The zero-order valence-electron chi connectivity index (χ0n) is 8.35. The van der Waals surface area contributed by atoms with Crippen LogP contribution in [0.5, 0.6) is 5.75 Å². The predicted molar refractivity (Wildman–Crippen MR) is 54.5 cm³/mol. The number of nitrogens with two attached hydrogens (primary N) is 2. The summed E-state index contributed by atoms with van der Waals surface area (Å²) >= 11 is 0. The highest BCUT2D eigenvalue weighted by atomic mass is 19.1. The van der Waals surface area contributed by atoms with E-state index in [-0.39, 0.29) is 17.9 Å². The van der Waals surface area contributed by atoms with Gasteiger partial charge >= 0.3 is 0 Å². The van der Waals surface area contributed by atoms with Crippen LogP contribution in [0.1, 0.15) is 10.4 Å². The molecule has 6 heteroatoms. The van der Waals surface area contributed by atoms with Crippen molar-refractivity contribution in [3.8, 4) is 5.75 Å². The zero-order valence-corrected chi connectivity index (χ0v) is 8.35. The molecule has 1 amide bonds. The van der Waals surface area contributed by atoms with E-state index in [1.54, 1.807) is 0 Å². The van der Waals surface area contributed by atoms with Gasteiger partial charge in [0.05, 0.1) is 0 Å². The second-order valence-electron chi connectivity index (χ2n) is 3.16. The monoisotopic (exact) mass is 226 g/mol. The van der Waals surface area contributed by atoms with Crippen molar-refractivity contribution < 1.29 is 18.7 Å². The van der Waals surface area contributed by atoms with Crippen LogP contribution in [0.3, 0.4) is 0 Å². The number of rotatable bonds is 5. The minimum absolute atomic E-state index is 0.124. The Kier molecular flexibility index (Phi) is 3.96. The minimum atomic E-state index is -0.969. The number of halogens is 1. The highest BCUT2D eigenvalue weighted by Crippen LogP contribution is 2.15. The van der Waals surface area contributed by atoms with Gasteiger partial charge in [0.2, 0.25) is 5.91 Å². The van der Waals surface area contributed by atoms with E-state index in [1.165, 1.54) is 6.07 Å². The number of carbonyl (C=O) groups excluding carboxylic acids is 2. The fraction of sp³-hybridized carbons (Fsp3) is 0.200. The second-order valence-corrected chi connectivity index (χ2v) is 3.16. The number of benzene rings is 1. The maximum Gasteiger partial charge on any atom is 0.237 e. The zero-order chi connectivity index (χ0) is 12.1. The van der Waals surface area contributed by atoms with Gasteiger partial charge in [-0.2, -0.15) is 0 Å². The van der Waals surface area contributed by atoms with E-state index >= 15 is 0 Å². The maximum atomic E-state index is 12.9. The van der Waals surface area contributed by atoms with Crippen molar-refractivity contribution in [2.24, 2.45) is 11.5 Å². The third kappa shape index (κ3) is 3.32. The molecular formula is C10H11FN2O3. The number of amides is 1. The number of ether oxygens (including phenoxy) is 1. The Morgan fingerprint density at radius 3 is 2.75 bits per heavy atom. The molecule has 0 fully saturated rings. The molecule has 1 unspecified atom stereocenters. The summed E-state index contributed by atoms with van der Waals surface area (Å²) < 4.78 is 18.0. The topological polar surface area (TPSA) is 95.4 Å². The number of primary amides is 1. The van der Waals surface area contributed by atoms with Crippen LogP contribution < -0.4 is 16.2 Å². The van der Waals surface area contributed by atoms with Gasteiger partial charge in [0.25, 0.3) is 0 Å². The SMILES string of the molecule is NC(=O)C(N)COc1cc(F)cc(C=O)c1. The fourth-order valence-electron chi connectivity index (χ4n) is 1.00. The van der Waals surface area contributed by atoms with Gasteiger partial charge in [-0.05, 0) is 12.1 Å². The molecule has 0 saturated heterocycles. The first kappa shape index (κ1) is 12.1. The van der Waals surface area contributed by atoms with Crippen LogP contribution >= 0.6 is 0 Å². The van der Waals surface area contributed by atoms with E-state index in [4.69, 9.17) is 16.2 Å². The van der Waals surface area contributed by atoms with Crippen LogP contribution in [0.4, 0.5) is 4.39 Å². The molecule has 86 valence electrons. The van der Waals surface area contributed by atoms with Gasteiger partial charge in [-0.15, -0.1) is 0 Å². The van der Waals surface area contributed by atoms with Gasteiger partial charge < -0.3 is 16.2 Å². The van der Waals surface area contributed by atoms with Crippen molar-refractivity contribution in [1.82, 2.24) is 0 Å². The lowest BCUT2D eigenvalue weighted by Gasteiger charge is -2.10. The Morgan fingerprint density at radius 2 is 2.19 bits per heavy atom. The van der Waals surface area contributed by atoms with Gasteiger partial charge in [0.1, 0.15) is 30.5 Å². The molecule has 0 saturated carbocycles. The Bertz CT molecular complexity index is 409. The molecule has 0 aliphatic rings. The molecule has 1 aromatic carbocycles. The van der Waals surface area contributed by atoms with Crippen LogP contribution in [-0.4, -0.2) is 24.8 Å². The lowest BCUT2D eigenvalue weighted by atomic mass is 10.2. The highest BCUT2D eigenvalue weighted by molar-refractivity contribution is 5.79. The second kappa shape index (κ2) is 5.22. The van der Waals surface area contributed by atoms with E-state index in [0.29, 0.717) is 6.29 Å². The molecular weight excluding hydrogens is 215 g/mol. The summed E-state index contributed by atoms with van der Waals surface area (Å²) in [5, 5.41) is 0. The van der Waals surface area contributed by atoms with E-state index < -0.39 is 17.8 Å². The molecule has 5 nitrogen and oxygen atoms in total. The molecule has 0 aliphatic heterocycles. The average Bonchev–Trinajstić information content (AvgIpc) is 2.24. The normalized spacial score (nSPS) is 11.9. The first-order valence-electron chi connectivity index (χ1n) is 4.46. The van der Waals surface area contributed by atoms with Crippen LogP contribution in [0.15, 0.2) is 18.2 Å². The average molecular weight is 226 g/mol. The predicted octanol–water partition coefficient (Wildman–Crippen LogP) is -0.170. The molecule has 0 heterocycles. The van der Waals surface area contributed by atoms with Crippen molar-refractivity contribution in [3.05, 3.63) is 29.6 Å². The highest BCUT2D eigenvalue weighted by Gasteiger charge is 2.10. The molecule has 1 aromatic rings. The van der Waals surface area contributed by atoms with Gasteiger partial charge in [-0.3, -0.25) is 9.59 Å². The summed E-state index contributed by atoms with van der Waals surface area (Å²) in [5.74, 6) is -1.20. The molecule has 4 N–H and O–H groups in total. The van der Waals surface area contributed by atoms with Gasteiger partial charge in [0, 0.05) is 11.6 Å². The summed E-state index contributed by atoms with van der Waals surface area (Å²) in [4.78, 5) is 21.0. The van der Waals surface area contributed by atoms with Gasteiger partial charge in [0.15, 0.2) is 0 Å². The summed E-state index contributed by atoms with van der Waals surface area (Å²) in [6.45, 7) is -0.170. The molecule has 16 heavy (non-hydrogen) atoms. The quantitative estimate of drug-likeness (QED) is 0.681. The Balaban J connectivity index is 2.70. The summed E-state index contributed by atoms with van der Waals surface area (Å²) in [5.41, 5.74) is 10.4. The minimum Gasteiger partial charge on any atom is -0.491 e. The lowest BCUT2D eigenvalue weighted by Crippen LogP contribution is -2.41. The summed E-state index contributed by atoms with van der Waals surface area (Å²) in [6, 6.07) is 2.52. The molecule has 1 rings (SSSR count). The van der Waals surface area contributed by atoms with E-state index in [0.717, 1.165) is 12.1 Å². The summed E-state index contributed by atoms with van der Waals surface area (Å²) in [7, 11) is 0. The molecule has 0 spiro atoms. The Morgan fingerprint density at radius 1 is 1.50 bits per heavy atom. The first-order chi connectivity index (χ1) is 7.52.